The number of fused-ring (bicyclic) bond motifs is 1. The van der Waals surface area contributed by atoms with Gasteiger partial charge in [0.05, 0.1) is 29.5 Å². The van der Waals surface area contributed by atoms with Gasteiger partial charge in [-0.25, -0.2) is 9.78 Å². The van der Waals surface area contributed by atoms with Gasteiger partial charge in [-0.3, -0.25) is 4.79 Å². The number of aliphatic hydroxyl groups excluding tert-OH is 1. The first-order valence-electron chi connectivity index (χ1n) is 12.3. The van der Waals surface area contributed by atoms with Gasteiger partial charge >= 0.3 is 5.97 Å². The third-order valence-corrected chi connectivity index (χ3v) is 8.08. The molecule has 0 bridgehead atoms. The van der Waals surface area contributed by atoms with Gasteiger partial charge in [-0.2, -0.15) is 0 Å². The lowest BCUT2D eigenvalue weighted by molar-refractivity contribution is -0.153. The zero-order valence-corrected chi connectivity index (χ0v) is 22.1. The van der Waals surface area contributed by atoms with Crippen LogP contribution in [0.5, 0.6) is 0 Å². The van der Waals surface area contributed by atoms with Crippen molar-refractivity contribution in [3.63, 3.8) is 0 Å². The maximum atomic E-state index is 13.1. The number of Topliss-reactive ketones (excluding diaryl/α,β-unsaturated/α-hetero) is 1. The summed E-state index contributed by atoms with van der Waals surface area (Å²) in [5.74, 6) is -0.658. The Morgan fingerprint density at radius 1 is 1.26 bits per heavy atom. The molecule has 3 heterocycles. The number of rotatable bonds is 2. The number of ketones is 1. The molecule has 0 aliphatic carbocycles. The number of aromatic nitrogens is 1. The second kappa shape index (κ2) is 11.3. The Kier molecular flexibility index (Phi) is 8.87. The minimum absolute atomic E-state index is 0.0236. The molecule has 2 aliphatic heterocycles. The summed E-state index contributed by atoms with van der Waals surface area (Å²) in [6, 6.07) is 0. The molecule has 0 radical (unpaired) electrons. The zero-order valence-electron chi connectivity index (χ0n) is 21.2. The van der Waals surface area contributed by atoms with Gasteiger partial charge in [0.2, 0.25) is 0 Å². The average molecular weight is 490 g/mol. The van der Waals surface area contributed by atoms with Gasteiger partial charge in [0.1, 0.15) is 11.9 Å². The van der Waals surface area contributed by atoms with Crippen molar-refractivity contribution >= 4 is 29.2 Å². The van der Waals surface area contributed by atoms with Crippen LogP contribution in [0.25, 0.3) is 6.08 Å². The Morgan fingerprint density at radius 2 is 2.00 bits per heavy atom. The number of aliphatic hydroxyl groups is 1. The molecular formula is C27H39NO5S. The van der Waals surface area contributed by atoms with Crippen LogP contribution in [0.2, 0.25) is 0 Å². The molecule has 1 fully saturated rings. The zero-order chi connectivity index (χ0) is 25.0. The van der Waals surface area contributed by atoms with Crippen LogP contribution in [0.3, 0.4) is 0 Å². The second-order valence-corrected chi connectivity index (χ2v) is 11.6. The number of hydrogen-bond donors (Lipinski definition) is 1. The molecule has 0 saturated carbocycles. The highest BCUT2D eigenvalue weighted by Gasteiger charge is 2.37. The fourth-order valence-electron chi connectivity index (χ4n) is 4.85. The number of nitrogens with zero attached hydrogens (tertiary/aromatic N) is 1. The Bertz CT molecular complexity index is 933. The normalized spacial score (nSPS) is 34.6. The molecule has 7 heteroatoms. The molecule has 0 aromatic carbocycles. The number of allylic oxidation sites excluding steroid dienone is 1. The fourth-order valence-corrected chi connectivity index (χ4v) is 5.42. The first kappa shape index (κ1) is 26.8. The molecule has 1 aromatic rings. The number of esters is 1. The first-order chi connectivity index (χ1) is 16.0. The van der Waals surface area contributed by atoms with Crippen LogP contribution < -0.4 is 0 Å². The van der Waals surface area contributed by atoms with Crippen molar-refractivity contribution in [3.8, 4) is 0 Å². The summed E-state index contributed by atoms with van der Waals surface area (Å²) in [5, 5.41) is 13.8. The van der Waals surface area contributed by atoms with Crippen molar-refractivity contribution in [2.24, 2.45) is 23.2 Å². The average Bonchev–Trinajstić information content (AvgIpc) is 3.19. The molecule has 1 aromatic heterocycles. The standard InChI is InChI=1S/C27H39NO5S/c1-16-8-7-9-20-14-32-23(20)13-22(17(2)12-21-15-34-19(4)28-21)33-24(29)10-11-27(5,6)26(31)18(3)25(16)30/h10-12,15-16,18,20,22-23,25,30H,7-9,13-14H2,1-6H3/b11-10+,17-12+/t16-,18+,20+,22?,23?,25-/m0/s1. The van der Waals surface area contributed by atoms with E-state index in [0.717, 1.165) is 35.5 Å². The van der Waals surface area contributed by atoms with Gasteiger partial charge in [0, 0.05) is 35.1 Å². The van der Waals surface area contributed by atoms with Crippen LogP contribution in [0.15, 0.2) is 23.1 Å². The maximum absolute atomic E-state index is 13.1. The second-order valence-electron chi connectivity index (χ2n) is 10.6. The Labute approximate surface area is 207 Å². The van der Waals surface area contributed by atoms with Crippen LogP contribution >= 0.6 is 11.3 Å². The van der Waals surface area contributed by atoms with Gasteiger partial charge in [0.15, 0.2) is 0 Å². The number of aryl methyl sites for hydroxylation is 1. The SMILES string of the molecule is C/C(=C\c1csc(C)n1)C1CC2OC[C@H]2CCC[C@H](C)[C@H](O)[C@@H](C)C(=O)C(C)(C)/C=C/C(=O)O1. The molecule has 3 rings (SSSR count). The van der Waals surface area contributed by atoms with Crippen LogP contribution in [0, 0.1) is 30.1 Å². The quantitative estimate of drug-likeness (QED) is 0.579. The smallest absolute Gasteiger partial charge is 0.331 e. The fraction of sp³-hybridized carbons (Fsp3) is 0.667. The van der Waals surface area contributed by atoms with Crippen LogP contribution in [-0.2, 0) is 19.1 Å². The van der Waals surface area contributed by atoms with E-state index in [9.17, 15) is 14.7 Å². The van der Waals surface area contributed by atoms with E-state index in [0.29, 0.717) is 18.9 Å². The minimum atomic E-state index is -0.892. The van der Waals surface area contributed by atoms with Gasteiger partial charge in [-0.15, -0.1) is 11.3 Å². The summed E-state index contributed by atoms with van der Waals surface area (Å²) >= 11 is 1.58. The van der Waals surface area contributed by atoms with Gasteiger partial charge in [-0.1, -0.05) is 26.3 Å². The third kappa shape index (κ3) is 6.64. The summed E-state index contributed by atoms with van der Waals surface area (Å²) in [7, 11) is 0. The summed E-state index contributed by atoms with van der Waals surface area (Å²) in [4.78, 5) is 30.4. The highest BCUT2D eigenvalue weighted by atomic mass is 32.1. The van der Waals surface area contributed by atoms with E-state index in [2.05, 4.69) is 4.98 Å². The number of cyclic esters (lactones) is 1. The molecular weight excluding hydrogens is 450 g/mol. The van der Waals surface area contributed by atoms with Crippen molar-refractivity contribution < 1.29 is 24.2 Å². The van der Waals surface area contributed by atoms with E-state index < -0.39 is 29.5 Å². The Morgan fingerprint density at radius 3 is 2.62 bits per heavy atom. The minimum Gasteiger partial charge on any atom is -0.455 e. The largest absolute Gasteiger partial charge is 0.455 e. The summed E-state index contributed by atoms with van der Waals surface area (Å²) < 4.78 is 11.8. The molecule has 6 nitrogen and oxygen atoms in total. The molecule has 2 unspecified atom stereocenters. The molecule has 6 atom stereocenters. The summed E-state index contributed by atoms with van der Waals surface area (Å²) in [5.41, 5.74) is 0.887. The van der Waals surface area contributed by atoms with Crippen LogP contribution in [0.4, 0.5) is 0 Å². The van der Waals surface area contributed by atoms with Crippen molar-refractivity contribution in [1.29, 1.82) is 0 Å². The monoisotopic (exact) mass is 489 g/mol. The van der Waals surface area contributed by atoms with E-state index in [1.807, 2.05) is 32.2 Å². The number of ether oxygens (including phenoxy) is 2. The molecule has 1 N–H and O–H groups in total. The predicted molar refractivity (Wildman–Crippen MR) is 134 cm³/mol. The number of carbonyl (C=O) groups excluding carboxylic acids is 2. The van der Waals surface area contributed by atoms with E-state index in [1.54, 1.807) is 38.2 Å². The molecule has 1 saturated heterocycles. The topological polar surface area (TPSA) is 85.7 Å². The highest BCUT2D eigenvalue weighted by Crippen LogP contribution is 2.34. The van der Waals surface area contributed by atoms with Crippen molar-refractivity contribution in [1.82, 2.24) is 4.98 Å². The lowest BCUT2D eigenvalue weighted by Gasteiger charge is -2.39. The van der Waals surface area contributed by atoms with E-state index in [-0.39, 0.29) is 17.8 Å². The van der Waals surface area contributed by atoms with E-state index in [1.165, 1.54) is 6.08 Å². The Hall–Kier alpha value is -1.83. The van der Waals surface area contributed by atoms with Crippen LogP contribution in [0.1, 0.15) is 71.0 Å². The van der Waals surface area contributed by atoms with E-state index >= 15 is 0 Å². The van der Waals surface area contributed by atoms with Gasteiger partial charge in [-0.05, 0) is 58.1 Å². The summed E-state index contributed by atoms with van der Waals surface area (Å²) in [6.45, 7) is 12.0. The predicted octanol–water partition coefficient (Wildman–Crippen LogP) is 5.14. The Balaban J connectivity index is 1.85. The number of thiazole rings is 1. The van der Waals surface area contributed by atoms with Gasteiger partial charge in [0.25, 0.3) is 0 Å². The van der Waals surface area contributed by atoms with Gasteiger partial charge < -0.3 is 14.6 Å². The van der Waals surface area contributed by atoms with Crippen LogP contribution in [-0.4, -0.2) is 46.8 Å². The lowest BCUT2D eigenvalue weighted by atomic mass is 9.76. The molecule has 0 amide bonds. The summed E-state index contributed by atoms with van der Waals surface area (Å²) in [6.07, 6.45) is 7.21. The highest BCUT2D eigenvalue weighted by molar-refractivity contribution is 7.09. The molecule has 0 spiro atoms. The number of carbonyl (C=O) groups is 2. The lowest BCUT2D eigenvalue weighted by Crippen LogP contribution is -2.43. The van der Waals surface area contributed by atoms with Crippen molar-refractivity contribution in [2.45, 2.75) is 85.5 Å². The molecule has 2 aliphatic rings. The van der Waals surface area contributed by atoms with E-state index in [4.69, 9.17) is 9.47 Å². The number of hydrogen-bond acceptors (Lipinski definition) is 7. The molecule has 34 heavy (non-hydrogen) atoms. The third-order valence-electron chi connectivity index (χ3n) is 7.29. The molecule has 188 valence electrons. The van der Waals surface area contributed by atoms with Crippen molar-refractivity contribution in [2.75, 3.05) is 6.61 Å². The van der Waals surface area contributed by atoms with Crippen molar-refractivity contribution in [3.05, 3.63) is 33.8 Å². The first-order valence-corrected chi connectivity index (χ1v) is 13.2. The maximum Gasteiger partial charge on any atom is 0.331 e.